The van der Waals surface area contributed by atoms with Gasteiger partial charge in [-0.05, 0) is 56.2 Å². The molecule has 2 unspecified atom stereocenters. The minimum Gasteiger partial charge on any atom is -0.345 e. The maximum absolute atomic E-state index is 12.9. The van der Waals surface area contributed by atoms with Crippen molar-refractivity contribution in [2.45, 2.75) is 64.5 Å². The van der Waals surface area contributed by atoms with E-state index in [0.717, 1.165) is 32.5 Å². The van der Waals surface area contributed by atoms with Crippen molar-refractivity contribution in [1.82, 2.24) is 9.80 Å². The summed E-state index contributed by atoms with van der Waals surface area (Å²) in [5.74, 6) is 0.612. The fourth-order valence-corrected chi connectivity index (χ4v) is 5.12. The van der Waals surface area contributed by atoms with Crippen LogP contribution < -0.4 is 0 Å². The van der Waals surface area contributed by atoms with Gasteiger partial charge in [0.25, 0.3) is 0 Å². The Hall–Kier alpha value is -0.870. The predicted octanol–water partition coefficient (Wildman–Crippen LogP) is 4.06. The number of hydrogen-bond acceptors (Lipinski definition) is 3. The van der Waals surface area contributed by atoms with E-state index < -0.39 is 0 Å². The molecule has 2 heterocycles. The summed E-state index contributed by atoms with van der Waals surface area (Å²) >= 11 is 1.87. The first-order valence-corrected chi connectivity index (χ1v) is 10.1. The molecule has 2 aliphatic rings. The molecule has 2 fully saturated rings. The summed E-state index contributed by atoms with van der Waals surface area (Å²) in [6.45, 7) is 5.33. The van der Waals surface area contributed by atoms with Crippen molar-refractivity contribution in [2.24, 2.45) is 5.92 Å². The lowest BCUT2D eigenvalue weighted by atomic mass is 9.99. The second kappa shape index (κ2) is 7.80. The molecule has 1 aromatic rings. The number of carbonyl (C=O) groups is 1. The first-order valence-electron chi connectivity index (χ1n) is 9.19. The Morgan fingerprint density at radius 2 is 1.91 bits per heavy atom. The standard InChI is InChI=1S/C19H30N2OS/c1-15-10-13-23-18(15)14-21-12-6-4-3-5-11-20(2)19(22)16-8-7-9-17(16)21/h10,13,16-17H,3-9,11-12,14H2,1-2H3. The van der Waals surface area contributed by atoms with Gasteiger partial charge in [0, 0.05) is 31.1 Å². The molecule has 1 aliphatic carbocycles. The van der Waals surface area contributed by atoms with Crippen LogP contribution in [0, 0.1) is 12.8 Å². The zero-order valence-electron chi connectivity index (χ0n) is 14.6. The predicted molar refractivity (Wildman–Crippen MR) is 96.7 cm³/mol. The van der Waals surface area contributed by atoms with Crippen molar-refractivity contribution in [2.75, 3.05) is 20.1 Å². The highest BCUT2D eigenvalue weighted by atomic mass is 32.1. The van der Waals surface area contributed by atoms with Gasteiger partial charge in [-0.3, -0.25) is 9.69 Å². The molecule has 3 nitrogen and oxygen atoms in total. The van der Waals surface area contributed by atoms with E-state index in [-0.39, 0.29) is 5.92 Å². The van der Waals surface area contributed by atoms with Crippen LogP contribution in [0.1, 0.15) is 55.4 Å². The Kier molecular flexibility index (Phi) is 5.76. The molecule has 1 aromatic heterocycles. The lowest BCUT2D eigenvalue weighted by Crippen LogP contribution is -2.44. The largest absolute Gasteiger partial charge is 0.345 e. The highest BCUT2D eigenvalue weighted by Crippen LogP contribution is 2.34. The second-order valence-electron chi connectivity index (χ2n) is 7.28. The molecule has 3 rings (SSSR count). The van der Waals surface area contributed by atoms with Crippen LogP contribution in [0.2, 0.25) is 0 Å². The van der Waals surface area contributed by atoms with Crippen molar-refractivity contribution in [1.29, 1.82) is 0 Å². The number of hydrogen-bond donors (Lipinski definition) is 0. The van der Waals surface area contributed by atoms with Crippen LogP contribution >= 0.6 is 11.3 Å². The van der Waals surface area contributed by atoms with E-state index in [2.05, 4.69) is 23.3 Å². The fraction of sp³-hybridized carbons (Fsp3) is 0.737. The summed E-state index contributed by atoms with van der Waals surface area (Å²) in [5, 5.41) is 2.20. The lowest BCUT2D eigenvalue weighted by molar-refractivity contribution is -0.136. The molecule has 0 spiro atoms. The molecule has 0 bridgehead atoms. The van der Waals surface area contributed by atoms with E-state index in [4.69, 9.17) is 0 Å². The smallest absolute Gasteiger partial charge is 0.227 e. The summed E-state index contributed by atoms with van der Waals surface area (Å²) in [6.07, 6.45) is 8.44. The van der Waals surface area contributed by atoms with Crippen LogP contribution in [0.5, 0.6) is 0 Å². The van der Waals surface area contributed by atoms with Gasteiger partial charge < -0.3 is 4.90 Å². The van der Waals surface area contributed by atoms with Gasteiger partial charge in [-0.15, -0.1) is 11.3 Å². The number of amides is 1. The molecular formula is C19H30N2OS. The van der Waals surface area contributed by atoms with Gasteiger partial charge in [0.1, 0.15) is 0 Å². The van der Waals surface area contributed by atoms with Crippen LogP contribution in [0.15, 0.2) is 11.4 Å². The Morgan fingerprint density at radius 3 is 2.65 bits per heavy atom. The molecule has 23 heavy (non-hydrogen) atoms. The Balaban J connectivity index is 1.79. The molecular weight excluding hydrogens is 304 g/mol. The maximum Gasteiger partial charge on any atom is 0.227 e. The molecule has 0 aromatic carbocycles. The molecule has 1 amide bonds. The van der Waals surface area contributed by atoms with Gasteiger partial charge in [-0.25, -0.2) is 0 Å². The maximum atomic E-state index is 12.9. The molecule has 1 saturated heterocycles. The molecule has 128 valence electrons. The summed E-state index contributed by atoms with van der Waals surface area (Å²) in [7, 11) is 2.00. The number of carbonyl (C=O) groups excluding carboxylic acids is 1. The van der Waals surface area contributed by atoms with E-state index in [9.17, 15) is 4.79 Å². The minimum absolute atomic E-state index is 0.221. The van der Waals surface area contributed by atoms with Gasteiger partial charge in [0.15, 0.2) is 0 Å². The molecule has 1 aliphatic heterocycles. The Bertz CT molecular complexity index is 527. The first kappa shape index (κ1) is 17.0. The quantitative estimate of drug-likeness (QED) is 0.814. The Labute approximate surface area is 144 Å². The average molecular weight is 335 g/mol. The zero-order chi connectivity index (χ0) is 16.2. The van der Waals surface area contributed by atoms with Crippen LogP contribution in [0.3, 0.4) is 0 Å². The van der Waals surface area contributed by atoms with Gasteiger partial charge in [0.2, 0.25) is 5.91 Å². The van der Waals surface area contributed by atoms with E-state index in [1.54, 1.807) is 0 Å². The first-order chi connectivity index (χ1) is 11.2. The van der Waals surface area contributed by atoms with Gasteiger partial charge in [0.05, 0.1) is 5.92 Å². The molecule has 4 heteroatoms. The van der Waals surface area contributed by atoms with Crippen molar-refractivity contribution in [3.63, 3.8) is 0 Å². The molecule has 2 atom stereocenters. The molecule has 0 radical (unpaired) electrons. The highest BCUT2D eigenvalue weighted by Gasteiger charge is 2.38. The summed E-state index contributed by atoms with van der Waals surface area (Å²) in [5.41, 5.74) is 1.40. The van der Waals surface area contributed by atoms with Crippen LogP contribution in [-0.4, -0.2) is 41.9 Å². The fourth-order valence-electron chi connectivity index (χ4n) is 4.19. The van der Waals surface area contributed by atoms with E-state index in [0.29, 0.717) is 11.9 Å². The van der Waals surface area contributed by atoms with Gasteiger partial charge in [-0.1, -0.05) is 19.3 Å². The van der Waals surface area contributed by atoms with Crippen LogP contribution in [0.4, 0.5) is 0 Å². The number of fused-ring (bicyclic) bond motifs is 1. The third-order valence-corrected chi connectivity index (χ3v) is 6.65. The highest BCUT2D eigenvalue weighted by molar-refractivity contribution is 7.10. The van der Waals surface area contributed by atoms with Gasteiger partial charge in [-0.2, -0.15) is 0 Å². The summed E-state index contributed by atoms with van der Waals surface area (Å²) in [4.78, 5) is 19.0. The zero-order valence-corrected chi connectivity index (χ0v) is 15.4. The lowest BCUT2D eigenvalue weighted by Gasteiger charge is -2.33. The SMILES string of the molecule is Cc1ccsc1CN1CCCCCCN(C)C(=O)C2CCCC21. The summed E-state index contributed by atoms with van der Waals surface area (Å²) < 4.78 is 0. The van der Waals surface area contributed by atoms with E-state index >= 15 is 0 Å². The van der Waals surface area contributed by atoms with Gasteiger partial charge >= 0.3 is 0 Å². The average Bonchev–Trinajstić information content (AvgIpc) is 3.17. The van der Waals surface area contributed by atoms with Crippen molar-refractivity contribution >= 4 is 17.2 Å². The molecule has 0 N–H and O–H groups in total. The summed E-state index contributed by atoms with van der Waals surface area (Å²) in [6, 6.07) is 2.67. The second-order valence-corrected chi connectivity index (χ2v) is 8.28. The van der Waals surface area contributed by atoms with Crippen molar-refractivity contribution in [3.05, 3.63) is 21.9 Å². The van der Waals surface area contributed by atoms with Crippen molar-refractivity contribution in [3.8, 4) is 0 Å². The Morgan fingerprint density at radius 1 is 1.13 bits per heavy atom. The van der Waals surface area contributed by atoms with Crippen LogP contribution in [-0.2, 0) is 11.3 Å². The third-order valence-electron chi connectivity index (χ3n) is 5.65. The van der Waals surface area contributed by atoms with Crippen molar-refractivity contribution < 1.29 is 4.79 Å². The number of aryl methyl sites for hydroxylation is 1. The minimum atomic E-state index is 0.221. The van der Waals surface area contributed by atoms with Crippen LogP contribution in [0.25, 0.3) is 0 Å². The number of rotatable bonds is 2. The van der Waals surface area contributed by atoms with E-state index in [1.807, 2.05) is 23.3 Å². The number of nitrogens with zero attached hydrogens (tertiary/aromatic N) is 2. The number of thiophene rings is 1. The molecule has 1 saturated carbocycles. The third kappa shape index (κ3) is 3.97. The monoisotopic (exact) mass is 334 g/mol. The topological polar surface area (TPSA) is 23.6 Å². The normalized spacial score (nSPS) is 27.7. The van der Waals surface area contributed by atoms with E-state index in [1.165, 1.54) is 42.5 Å².